The molecule has 0 fully saturated rings. The van der Waals surface area contributed by atoms with E-state index in [2.05, 4.69) is 12.2 Å². The Kier molecular flexibility index (Phi) is 19.8. The van der Waals surface area contributed by atoms with Crippen molar-refractivity contribution in [2.45, 2.75) is 52.9 Å². The third-order valence-corrected chi connectivity index (χ3v) is 2.87. The molecular formula is C12H24CaNO5S+. The Morgan fingerprint density at radius 1 is 1.10 bits per heavy atom. The summed E-state index contributed by atoms with van der Waals surface area (Å²) in [6, 6.07) is 0. The van der Waals surface area contributed by atoms with Crippen molar-refractivity contribution in [3.8, 4) is 0 Å². The molecule has 0 spiro atoms. The molecule has 0 aromatic carbocycles. The minimum Gasteiger partial charge on any atom is -0.748 e. The van der Waals surface area contributed by atoms with E-state index in [1.54, 1.807) is 6.92 Å². The van der Waals surface area contributed by atoms with Crippen molar-refractivity contribution >= 4 is 59.5 Å². The number of carbonyl (C=O) groups is 2. The number of Topliss-reactive ketones (excluding diaryl/α,β-unsaturated/α-hetero) is 1. The second-order valence-electron chi connectivity index (χ2n) is 4.26. The van der Waals surface area contributed by atoms with Gasteiger partial charge in [-0.25, -0.2) is 8.42 Å². The van der Waals surface area contributed by atoms with Crippen molar-refractivity contribution in [3.63, 3.8) is 0 Å². The molecule has 0 bridgehead atoms. The first-order chi connectivity index (χ1) is 8.69. The first kappa shape index (κ1) is 25.3. The fraction of sp³-hybridized carbons (Fsp3) is 0.833. The summed E-state index contributed by atoms with van der Waals surface area (Å²) in [5.74, 6) is -0.334. The molecule has 0 aliphatic rings. The van der Waals surface area contributed by atoms with Crippen LogP contribution in [-0.4, -0.2) is 74.7 Å². The zero-order valence-electron chi connectivity index (χ0n) is 12.6. The third kappa shape index (κ3) is 31.0. The molecule has 0 atom stereocenters. The molecule has 0 saturated heterocycles. The smallest absolute Gasteiger partial charge is 0.748 e. The maximum absolute atomic E-state index is 10.3. The van der Waals surface area contributed by atoms with Crippen LogP contribution >= 0.6 is 0 Å². The van der Waals surface area contributed by atoms with E-state index >= 15 is 0 Å². The maximum Gasteiger partial charge on any atom is 2.00 e. The minimum atomic E-state index is -4.12. The summed E-state index contributed by atoms with van der Waals surface area (Å²) in [4.78, 5) is 20.5. The van der Waals surface area contributed by atoms with Crippen LogP contribution in [0.5, 0.6) is 0 Å². The van der Waals surface area contributed by atoms with Crippen LogP contribution < -0.4 is 5.32 Å². The number of carbonyl (C=O) groups excluding carboxylic acids is 2. The van der Waals surface area contributed by atoms with E-state index in [1.165, 1.54) is 19.8 Å². The van der Waals surface area contributed by atoms with Gasteiger partial charge < -0.3 is 14.7 Å². The number of hydrogen-bond donors (Lipinski definition) is 1. The van der Waals surface area contributed by atoms with Crippen LogP contribution in [0.3, 0.4) is 0 Å². The van der Waals surface area contributed by atoms with Gasteiger partial charge in [-0.2, -0.15) is 0 Å². The number of amides is 1. The number of nitrogens with one attached hydrogen (secondary N) is 1. The minimum absolute atomic E-state index is 0. The second-order valence-corrected chi connectivity index (χ2v) is 5.78. The average Bonchev–Trinajstić information content (AvgIpc) is 2.24. The van der Waals surface area contributed by atoms with Crippen molar-refractivity contribution in [2.75, 3.05) is 12.3 Å². The first-order valence-electron chi connectivity index (χ1n) is 6.36. The van der Waals surface area contributed by atoms with Gasteiger partial charge in [0.05, 0.1) is 10.1 Å². The van der Waals surface area contributed by atoms with E-state index in [9.17, 15) is 22.6 Å². The van der Waals surface area contributed by atoms with Crippen molar-refractivity contribution < 1.29 is 22.6 Å². The van der Waals surface area contributed by atoms with Crippen LogP contribution in [0.4, 0.5) is 0 Å². The monoisotopic (exact) mass is 334 g/mol. The van der Waals surface area contributed by atoms with Crippen molar-refractivity contribution in [1.82, 2.24) is 5.32 Å². The number of unbranched alkanes of at least 4 members (excludes halogenated alkanes) is 2. The molecule has 20 heavy (non-hydrogen) atoms. The SMILES string of the molecule is CC(=O)NCCCS(=O)(=O)[O-].CCCCCC(C)=O.[Ca+2]. The largest absolute Gasteiger partial charge is 2.00 e. The molecule has 0 rings (SSSR count). The van der Waals surface area contributed by atoms with E-state index in [0.717, 1.165) is 12.8 Å². The van der Waals surface area contributed by atoms with Crippen LogP contribution in [0.25, 0.3) is 0 Å². The Morgan fingerprint density at radius 3 is 2.00 bits per heavy atom. The summed E-state index contributed by atoms with van der Waals surface area (Å²) in [6.07, 6.45) is 4.41. The number of rotatable bonds is 8. The summed E-state index contributed by atoms with van der Waals surface area (Å²) in [6.45, 7) is 5.35. The van der Waals surface area contributed by atoms with Gasteiger partial charge in [-0.3, -0.25) is 4.79 Å². The molecule has 0 radical (unpaired) electrons. The second kappa shape index (κ2) is 15.7. The quantitative estimate of drug-likeness (QED) is 0.402. The van der Waals surface area contributed by atoms with Gasteiger partial charge in [0.2, 0.25) is 5.91 Å². The third-order valence-electron chi connectivity index (χ3n) is 2.08. The van der Waals surface area contributed by atoms with Crippen molar-refractivity contribution in [1.29, 1.82) is 0 Å². The molecule has 1 N–H and O–H groups in total. The van der Waals surface area contributed by atoms with Crippen molar-refractivity contribution in [3.05, 3.63) is 0 Å². The van der Waals surface area contributed by atoms with Gasteiger partial charge in [0.15, 0.2) is 0 Å². The van der Waals surface area contributed by atoms with Gasteiger partial charge in [0.25, 0.3) is 0 Å². The Labute approximate surface area is 151 Å². The molecular weight excluding hydrogens is 310 g/mol. The van der Waals surface area contributed by atoms with Crippen molar-refractivity contribution in [2.24, 2.45) is 0 Å². The molecule has 0 saturated carbocycles. The van der Waals surface area contributed by atoms with Gasteiger partial charge in [-0.1, -0.05) is 19.8 Å². The molecule has 6 nitrogen and oxygen atoms in total. The van der Waals surface area contributed by atoms with Crippen LogP contribution in [0, 0.1) is 0 Å². The molecule has 8 heteroatoms. The maximum atomic E-state index is 10.3. The van der Waals surface area contributed by atoms with E-state index in [4.69, 9.17) is 0 Å². The topological polar surface area (TPSA) is 103 Å². The molecule has 114 valence electrons. The number of ketones is 1. The summed E-state index contributed by atoms with van der Waals surface area (Å²) in [5, 5.41) is 2.38. The standard InChI is InChI=1S/C7H14O.C5H11NO4S.Ca/c1-3-4-5-6-7(2)8;1-5(7)6-3-2-4-11(8,9)10;/h3-6H2,1-2H3;2-4H2,1H3,(H,6,7)(H,8,9,10);/q;;+2/p-1. The van der Waals surface area contributed by atoms with Crippen LogP contribution in [0.1, 0.15) is 52.9 Å². The Balaban J connectivity index is -0.000000288. The average molecular weight is 334 g/mol. The van der Waals surface area contributed by atoms with E-state index in [-0.39, 0.29) is 56.6 Å². The summed E-state index contributed by atoms with van der Waals surface area (Å²) >= 11 is 0. The molecule has 1 amide bonds. The number of hydrogen-bond acceptors (Lipinski definition) is 5. The summed E-state index contributed by atoms with van der Waals surface area (Å²) in [5.41, 5.74) is 0. The van der Waals surface area contributed by atoms with Gasteiger partial charge >= 0.3 is 37.7 Å². The van der Waals surface area contributed by atoms with Gasteiger partial charge in [0, 0.05) is 25.6 Å². The Morgan fingerprint density at radius 2 is 1.65 bits per heavy atom. The first-order valence-corrected chi connectivity index (χ1v) is 7.94. The zero-order valence-corrected chi connectivity index (χ0v) is 15.6. The van der Waals surface area contributed by atoms with Crippen LogP contribution in [0.2, 0.25) is 0 Å². The fourth-order valence-corrected chi connectivity index (χ4v) is 1.64. The molecule has 0 aromatic rings. The van der Waals surface area contributed by atoms with Crippen LogP contribution in [0.15, 0.2) is 0 Å². The normalized spacial score (nSPS) is 9.80. The fourth-order valence-electron chi connectivity index (χ4n) is 1.14. The summed E-state index contributed by atoms with van der Waals surface area (Å²) in [7, 11) is -4.12. The molecule has 0 unspecified atom stereocenters. The predicted octanol–water partition coefficient (Wildman–Crippen LogP) is 0.833. The predicted molar refractivity (Wildman–Crippen MR) is 78.4 cm³/mol. The molecule has 0 heterocycles. The van der Waals surface area contributed by atoms with E-state index < -0.39 is 15.9 Å². The Hall–Kier alpha value is 0.310. The van der Waals surface area contributed by atoms with Crippen LogP contribution in [-0.2, 0) is 19.7 Å². The molecule has 0 aromatic heterocycles. The van der Waals surface area contributed by atoms with E-state index in [1.807, 2.05) is 0 Å². The van der Waals surface area contributed by atoms with Gasteiger partial charge in [0.1, 0.15) is 5.78 Å². The summed E-state index contributed by atoms with van der Waals surface area (Å²) < 4.78 is 30.0. The zero-order chi connectivity index (χ0) is 15.3. The van der Waals surface area contributed by atoms with E-state index in [0.29, 0.717) is 5.78 Å². The van der Waals surface area contributed by atoms with Gasteiger partial charge in [-0.05, 0) is 19.8 Å². The molecule has 0 aliphatic carbocycles. The van der Waals surface area contributed by atoms with Gasteiger partial charge in [-0.15, -0.1) is 0 Å². The Bertz CT molecular complexity index is 357. The molecule has 0 aliphatic heterocycles.